The lowest BCUT2D eigenvalue weighted by molar-refractivity contribution is -0.384. The Balaban J connectivity index is 2.00. The number of anilines is 1. The molecule has 0 aromatic carbocycles. The van der Waals surface area contributed by atoms with E-state index >= 15 is 0 Å². The van der Waals surface area contributed by atoms with Crippen LogP contribution in [0.25, 0.3) is 0 Å². The molecule has 22 heavy (non-hydrogen) atoms. The van der Waals surface area contributed by atoms with Crippen molar-refractivity contribution < 1.29 is 13.3 Å². The summed E-state index contributed by atoms with van der Waals surface area (Å²) >= 11 is 0. The number of sulfonamides is 1. The Bertz CT molecular complexity index is 663. The van der Waals surface area contributed by atoms with Gasteiger partial charge in [-0.2, -0.15) is 5.10 Å². The number of aromatic nitrogens is 2. The Morgan fingerprint density at radius 2 is 2.05 bits per heavy atom. The minimum atomic E-state index is -3.13. The number of hydrogen-bond acceptors (Lipinski definition) is 6. The molecule has 0 atom stereocenters. The molecule has 0 saturated carbocycles. The van der Waals surface area contributed by atoms with Crippen LogP contribution < -0.4 is 5.32 Å². The van der Waals surface area contributed by atoms with Crippen molar-refractivity contribution in [2.24, 2.45) is 13.0 Å². The van der Waals surface area contributed by atoms with E-state index in [0.29, 0.717) is 37.6 Å². The summed E-state index contributed by atoms with van der Waals surface area (Å²) in [5.41, 5.74) is 0.446. The number of nitro groups is 1. The fourth-order valence-corrected chi connectivity index (χ4v) is 3.74. The highest BCUT2D eigenvalue weighted by Crippen LogP contribution is 2.29. The van der Waals surface area contributed by atoms with Gasteiger partial charge in [0, 0.05) is 32.6 Å². The molecule has 0 radical (unpaired) electrons. The van der Waals surface area contributed by atoms with Crippen molar-refractivity contribution in [3.63, 3.8) is 0 Å². The van der Waals surface area contributed by atoms with Gasteiger partial charge in [-0.1, -0.05) is 6.92 Å². The van der Waals surface area contributed by atoms with Gasteiger partial charge in [0.15, 0.2) is 0 Å². The first kappa shape index (κ1) is 16.7. The van der Waals surface area contributed by atoms with Gasteiger partial charge in [0.05, 0.1) is 10.7 Å². The molecule has 1 aliphatic rings. The molecule has 0 amide bonds. The molecule has 9 nitrogen and oxygen atoms in total. The third kappa shape index (κ3) is 3.07. The molecule has 2 heterocycles. The van der Waals surface area contributed by atoms with Gasteiger partial charge in [-0.3, -0.25) is 10.1 Å². The van der Waals surface area contributed by atoms with Gasteiger partial charge in [-0.15, -0.1) is 0 Å². The molecule has 1 aromatic heterocycles. The highest BCUT2D eigenvalue weighted by Gasteiger charge is 2.35. The third-order valence-corrected chi connectivity index (χ3v) is 5.66. The second-order valence-electron chi connectivity index (χ2n) is 5.34. The third-order valence-electron chi connectivity index (χ3n) is 3.85. The van der Waals surface area contributed by atoms with Crippen LogP contribution in [0.2, 0.25) is 0 Å². The maximum absolute atomic E-state index is 11.6. The highest BCUT2D eigenvalue weighted by molar-refractivity contribution is 7.89. The van der Waals surface area contributed by atoms with Crippen molar-refractivity contribution in [3.8, 4) is 0 Å². The molecular formula is C12H21N5O4S. The van der Waals surface area contributed by atoms with Crippen molar-refractivity contribution in [1.82, 2.24) is 14.1 Å². The maximum atomic E-state index is 11.6. The van der Waals surface area contributed by atoms with Crippen molar-refractivity contribution in [1.29, 1.82) is 0 Å². The van der Waals surface area contributed by atoms with E-state index < -0.39 is 14.9 Å². The van der Waals surface area contributed by atoms with Gasteiger partial charge in [-0.25, -0.2) is 17.4 Å². The fourth-order valence-electron chi connectivity index (χ4n) is 2.50. The van der Waals surface area contributed by atoms with Crippen LogP contribution in [-0.4, -0.2) is 52.8 Å². The van der Waals surface area contributed by atoms with Crippen LogP contribution in [0.3, 0.4) is 0 Å². The van der Waals surface area contributed by atoms with E-state index in [1.54, 1.807) is 14.0 Å². The van der Waals surface area contributed by atoms with E-state index in [2.05, 4.69) is 10.4 Å². The SMILES string of the molecule is CCc1nn(C)c(NCC2CN(S(=O)(=O)CC)C2)c1[N+](=O)[O-]. The smallest absolute Gasteiger partial charge is 0.333 e. The van der Waals surface area contributed by atoms with E-state index in [9.17, 15) is 18.5 Å². The van der Waals surface area contributed by atoms with Gasteiger partial charge >= 0.3 is 5.69 Å². The molecule has 0 bridgehead atoms. The zero-order valence-electron chi connectivity index (χ0n) is 12.9. The molecule has 0 spiro atoms. The van der Waals surface area contributed by atoms with Gasteiger partial charge in [0.1, 0.15) is 5.69 Å². The van der Waals surface area contributed by atoms with E-state index in [-0.39, 0.29) is 17.4 Å². The summed E-state index contributed by atoms with van der Waals surface area (Å²) in [4.78, 5) is 10.8. The number of nitrogens with one attached hydrogen (secondary N) is 1. The number of nitrogens with zero attached hydrogens (tertiary/aromatic N) is 4. The molecule has 0 aliphatic carbocycles. The van der Waals surface area contributed by atoms with Crippen molar-refractivity contribution in [3.05, 3.63) is 15.8 Å². The van der Waals surface area contributed by atoms with Gasteiger partial charge in [0.2, 0.25) is 15.8 Å². The predicted octanol–water partition coefficient (Wildman–Crippen LogP) is 0.584. The van der Waals surface area contributed by atoms with Crippen LogP contribution in [0.15, 0.2) is 0 Å². The Morgan fingerprint density at radius 3 is 2.55 bits per heavy atom. The molecular weight excluding hydrogens is 310 g/mol. The Labute approximate surface area is 129 Å². The normalized spacial score (nSPS) is 16.5. The maximum Gasteiger partial charge on any atom is 0.333 e. The topological polar surface area (TPSA) is 110 Å². The van der Waals surface area contributed by atoms with E-state index in [4.69, 9.17) is 0 Å². The second kappa shape index (κ2) is 6.21. The van der Waals surface area contributed by atoms with Gasteiger partial charge in [0.25, 0.3) is 0 Å². The van der Waals surface area contributed by atoms with Gasteiger partial charge < -0.3 is 5.32 Å². The largest absolute Gasteiger partial charge is 0.364 e. The minimum absolute atomic E-state index is 0.00218. The summed E-state index contributed by atoms with van der Waals surface area (Å²) in [6.45, 7) is 4.83. The molecule has 1 fully saturated rings. The van der Waals surface area contributed by atoms with Crippen LogP contribution >= 0.6 is 0 Å². The molecule has 1 N–H and O–H groups in total. The van der Waals surface area contributed by atoms with Crippen molar-refractivity contribution in [2.75, 3.05) is 30.7 Å². The van der Waals surface area contributed by atoms with Crippen molar-refractivity contribution in [2.45, 2.75) is 20.3 Å². The Morgan fingerprint density at radius 1 is 1.41 bits per heavy atom. The quantitative estimate of drug-likeness (QED) is 0.578. The average Bonchev–Trinajstić information content (AvgIpc) is 2.73. The lowest BCUT2D eigenvalue weighted by Crippen LogP contribution is -2.52. The molecule has 124 valence electrons. The van der Waals surface area contributed by atoms with Gasteiger partial charge in [-0.05, 0) is 13.3 Å². The van der Waals surface area contributed by atoms with Crippen LogP contribution in [0.1, 0.15) is 19.5 Å². The molecule has 1 aliphatic heterocycles. The summed E-state index contributed by atoms with van der Waals surface area (Å²) in [6.07, 6.45) is 0.484. The zero-order valence-corrected chi connectivity index (χ0v) is 13.8. The number of aryl methyl sites for hydroxylation is 2. The van der Waals surface area contributed by atoms with Crippen LogP contribution in [0.4, 0.5) is 11.5 Å². The van der Waals surface area contributed by atoms with E-state index in [0.717, 1.165) is 0 Å². The molecule has 1 saturated heterocycles. The standard InChI is InChI=1S/C12H21N5O4S/c1-4-10-11(17(18)19)12(15(3)14-10)13-6-9-7-16(8-9)22(20,21)5-2/h9,13H,4-8H2,1-3H3. The summed E-state index contributed by atoms with van der Waals surface area (Å²) in [7, 11) is -1.47. The lowest BCUT2D eigenvalue weighted by Gasteiger charge is -2.37. The first-order chi connectivity index (χ1) is 10.3. The summed E-state index contributed by atoms with van der Waals surface area (Å²) in [6, 6.07) is 0. The molecule has 2 rings (SSSR count). The zero-order chi connectivity index (χ0) is 16.5. The van der Waals surface area contributed by atoms with Crippen LogP contribution in [-0.2, 0) is 23.5 Å². The van der Waals surface area contributed by atoms with E-state index in [1.165, 1.54) is 8.99 Å². The Hall–Kier alpha value is -1.68. The Kier molecular flexibility index (Phi) is 4.71. The minimum Gasteiger partial charge on any atom is -0.364 e. The van der Waals surface area contributed by atoms with Crippen LogP contribution in [0, 0.1) is 16.0 Å². The summed E-state index contributed by atoms with van der Waals surface area (Å²) in [5, 5.41) is 18.4. The number of hydrogen-bond donors (Lipinski definition) is 1. The summed E-state index contributed by atoms with van der Waals surface area (Å²) < 4.78 is 26.2. The monoisotopic (exact) mass is 331 g/mol. The highest BCUT2D eigenvalue weighted by atomic mass is 32.2. The van der Waals surface area contributed by atoms with E-state index in [1.807, 2.05) is 6.92 Å². The first-order valence-electron chi connectivity index (χ1n) is 7.22. The van der Waals surface area contributed by atoms with Crippen LogP contribution in [0.5, 0.6) is 0 Å². The molecule has 1 aromatic rings. The second-order valence-corrected chi connectivity index (χ2v) is 7.60. The number of rotatable bonds is 7. The fraction of sp³-hybridized carbons (Fsp3) is 0.750. The first-order valence-corrected chi connectivity index (χ1v) is 8.83. The predicted molar refractivity (Wildman–Crippen MR) is 82.3 cm³/mol. The lowest BCUT2D eigenvalue weighted by atomic mass is 10.0. The van der Waals surface area contributed by atoms with Crippen molar-refractivity contribution >= 4 is 21.5 Å². The average molecular weight is 331 g/mol. The molecule has 0 unspecified atom stereocenters. The summed E-state index contributed by atoms with van der Waals surface area (Å²) in [5.74, 6) is 0.625. The molecule has 10 heteroatoms.